The van der Waals surface area contributed by atoms with Crippen molar-refractivity contribution in [1.82, 2.24) is 15.2 Å². The summed E-state index contributed by atoms with van der Waals surface area (Å²) in [5.74, 6) is 2.86. The van der Waals surface area contributed by atoms with Crippen LogP contribution in [-0.2, 0) is 6.54 Å². The van der Waals surface area contributed by atoms with Crippen molar-refractivity contribution in [2.45, 2.75) is 33.2 Å². The van der Waals surface area contributed by atoms with E-state index in [4.69, 9.17) is 9.47 Å². The Morgan fingerprint density at radius 2 is 2.06 bits per heavy atom. The number of benzene rings is 1. The molecule has 0 radical (unpaired) electrons. The fourth-order valence-corrected chi connectivity index (χ4v) is 4.24. The number of halogens is 1. The third-order valence-corrected chi connectivity index (χ3v) is 6.09. The predicted molar refractivity (Wildman–Crippen MR) is 139 cm³/mol. The molecule has 1 aliphatic heterocycles. The molecule has 0 amide bonds. The molecule has 172 valence electrons. The first-order chi connectivity index (χ1) is 14.6. The molecule has 0 unspecified atom stereocenters. The zero-order valence-electron chi connectivity index (χ0n) is 18.8. The minimum Gasteiger partial charge on any atom is -0.493 e. The SMILES string of the molecule is CCOc1cc(NC(=NC)NCC2CCN(Cc3csc(C)n3)CC2)ccc1OC.I. The molecule has 0 aliphatic carbocycles. The lowest BCUT2D eigenvalue weighted by Gasteiger charge is -2.31. The zero-order valence-corrected chi connectivity index (χ0v) is 22.0. The van der Waals surface area contributed by atoms with E-state index in [0.717, 1.165) is 54.3 Å². The third-order valence-electron chi connectivity index (χ3n) is 5.27. The number of hydrogen-bond acceptors (Lipinski definition) is 6. The first kappa shape index (κ1) is 25.7. The van der Waals surface area contributed by atoms with Gasteiger partial charge in [-0.25, -0.2) is 4.98 Å². The van der Waals surface area contributed by atoms with Crippen molar-refractivity contribution in [2.24, 2.45) is 10.9 Å². The first-order valence-electron chi connectivity index (χ1n) is 10.5. The summed E-state index contributed by atoms with van der Waals surface area (Å²) in [5, 5.41) is 10.1. The van der Waals surface area contributed by atoms with Crippen molar-refractivity contribution in [3.05, 3.63) is 34.3 Å². The average Bonchev–Trinajstić information content (AvgIpc) is 3.17. The summed E-state index contributed by atoms with van der Waals surface area (Å²) in [7, 11) is 3.44. The molecule has 2 heterocycles. The van der Waals surface area contributed by atoms with Crippen LogP contribution in [0.15, 0.2) is 28.6 Å². The lowest BCUT2D eigenvalue weighted by molar-refractivity contribution is 0.176. The molecule has 31 heavy (non-hydrogen) atoms. The molecule has 9 heteroatoms. The quantitative estimate of drug-likeness (QED) is 0.284. The Kier molecular flexibility index (Phi) is 10.8. The number of likely N-dealkylation sites (tertiary alicyclic amines) is 1. The van der Waals surface area contributed by atoms with Gasteiger partial charge in [0.15, 0.2) is 17.5 Å². The summed E-state index contributed by atoms with van der Waals surface area (Å²) in [6.07, 6.45) is 2.37. The molecular formula is C22H34IN5O2S. The van der Waals surface area contributed by atoms with Gasteiger partial charge in [0.1, 0.15) is 0 Å². The van der Waals surface area contributed by atoms with Gasteiger partial charge in [0.2, 0.25) is 0 Å². The van der Waals surface area contributed by atoms with E-state index < -0.39 is 0 Å². The molecule has 1 saturated heterocycles. The Hall–Kier alpha value is -1.59. The van der Waals surface area contributed by atoms with Crippen molar-refractivity contribution in [1.29, 1.82) is 0 Å². The van der Waals surface area contributed by atoms with Crippen LogP contribution in [0.1, 0.15) is 30.5 Å². The number of aliphatic imine (C=N–C) groups is 1. The Morgan fingerprint density at radius 3 is 2.68 bits per heavy atom. The van der Waals surface area contributed by atoms with Crippen molar-refractivity contribution in [3.8, 4) is 11.5 Å². The molecule has 1 fully saturated rings. The second-order valence-electron chi connectivity index (χ2n) is 7.45. The van der Waals surface area contributed by atoms with E-state index in [1.807, 2.05) is 25.1 Å². The molecule has 0 saturated carbocycles. The van der Waals surface area contributed by atoms with E-state index in [1.54, 1.807) is 25.5 Å². The van der Waals surface area contributed by atoms with Crippen LogP contribution >= 0.6 is 35.3 Å². The molecule has 0 bridgehead atoms. The highest BCUT2D eigenvalue weighted by molar-refractivity contribution is 14.0. The summed E-state index contributed by atoms with van der Waals surface area (Å²) in [4.78, 5) is 11.5. The highest BCUT2D eigenvalue weighted by atomic mass is 127. The summed E-state index contributed by atoms with van der Waals surface area (Å²) >= 11 is 1.73. The van der Waals surface area contributed by atoms with E-state index in [0.29, 0.717) is 12.5 Å². The topological polar surface area (TPSA) is 71.0 Å². The molecule has 1 aliphatic rings. The smallest absolute Gasteiger partial charge is 0.195 e. The van der Waals surface area contributed by atoms with Crippen LogP contribution in [0, 0.1) is 12.8 Å². The molecule has 1 aromatic heterocycles. The number of thiazole rings is 1. The standard InChI is InChI=1S/C22H33N5O2S.HI/c1-5-29-21-12-18(6-7-20(21)28-4)26-22(23-3)24-13-17-8-10-27(11-9-17)14-19-15-30-16(2)25-19;/h6-7,12,15,17H,5,8-11,13-14H2,1-4H3,(H2,23,24,26);1H. The largest absolute Gasteiger partial charge is 0.493 e. The number of hydrogen-bond donors (Lipinski definition) is 2. The van der Waals surface area contributed by atoms with Crippen LogP contribution < -0.4 is 20.1 Å². The number of nitrogens with one attached hydrogen (secondary N) is 2. The second-order valence-corrected chi connectivity index (χ2v) is 8.52. The number of aromatic nitrogens is 1. The number of aryl methyl sites for hydroxylation is 1. The average molecular weight is 560 g/mol. The molecule has 1 aromatic carbocycles. The van der Waals surface area contributed by atoms with Crippen molar-refractivity contribution in [2.75, 3.05) is 45.7 Å². The zero-order chi connectivity index (χ0) is 21.3. The van der Waals surface area contributed by atoms with Gasteiger partial charge in [-0.3, -0.25) is 9.89 Å². The molecule has 0 atom stereocenters. The predicted octanol–water partition coefficient (Wildman–Crippen LogP) is 4.38. The highest BCUT2D eigenvalue weighted by Crippen LogP contribution is 2.30. The van der Waals surface area contributed by atoms with Crippen LogP contribution in [0.2, 0.25) is 0 Å². The monoisotopic (exact) mass is 559 g/mol. The van der Waals surface area contributed by atoms with Crippen molar-refractivity contribution in [3.63, 3.8) is 0 Å². The van der Waals surface area contributed by atoms with Gasteiger partial charge in [-0.2, -0.15) is 0 Å². The summed E-state index contributed by atoms with van der Waals surface area (Å²) in [5.41, 5.74) is 2.12. The minimum absolute atomic E-state index is 0. The van der Waals surface area contributed by atoms with E-state index in [9.17, 15) is 0 Å². The fraction of sp³-hybridized carbons (Fsp3) is 0.545. The van der Waals surface area contributed by atoms with Gasteiger partial charge in [0.05, 0.1) is 24.4 Å². The maximum atomic E-state index is 5.66. The Bertz CT molecular complexity index is 837. The summed E-state index contributed by atoms with van der Waals surface area (Å²) in [6, 6.07) is 5.81. The Morgan fingerprint density at radius 1 is 1.29 bits per heavy atom. The van der Waals surface area contributed by atoms with Gasteiger partial charge in [-0.15, -0.1) is 35.3 Å². The molecule has 7 nitrogen and oxygen atoms in total. The van der Waals surface area contributed by atoms with E-state index in [1.165, 1.54) is 18.5 Å². The van der Waals surface area contributed by atoms with Gasteiger partial charge >= 0.3 is 0 Å². The van der Waals surface area contributed by atoms with Crippen LogP contribution in [-0.4, -0.2) is 56.2 Å². The summed E-state index contributed by atoms with van der Waals surface area (Å²) < 4.78 is 11.0. The third kappa shape index (κ3) is 7.80. The number of ether oxygens (including phenoxy) is 2. The Labute approximate surface area is 206 Å². The second kappa shape index (κ2) is 13.1. The van der Waals surface area contributed by atoms with Crippen molar-refractivity contribution >= 4 is 47.0 Å². The molecule has 3 rings (SSSR count). The first-order valence-corrected chi connectivity index (χ1v) is 11.4. The highest BCUT2D eigenvalue weighted by Gasteiger charge is 2.20. The van der Waals surface area contributed by atoms with Gasteiger partial charge in [-0.1, -0.05) is 0 Å². The minimum atomic E-state index is 0. The van der Waals surface area contributed by atoms with Crippen LogP contribution in [0.5, 0.6) is 11.5 Å². The normalized spacial score (nSPS) is 15.3. The van der Waals surface area contributed by atoms with Crippen LogP contribution in [0.25, 0.3) is 0 Å². The van der Waals surface area contributed by atoms with E-state index >= 15 is 0 Å². The van der Waals surface area contributed by atoms with E-state index in [2.05, 4.69) is 37.8 Å². The number of methoxy groups -OCH3 is 1. The lowest BCUT2D eigenvalue weighted by atomic mass is 9.97. The fourth-order valence-electron chi connectivity index (χ4n) is 3.64. The van der Waals surface area contributed by atoms with Gasteiger partial charge in [0.25, 0.3) is 0 Å². The van der Waals surface area contributed by atoms with Crippen molar-refractivity contribution < 1.29 is 9.47 Å². The number of guanidine groups is 1. The number of rotatable bonds is 8. The Balaban J connectivity index is 0.00000341. The number of nitrogens with zero attached hydrogens (tertiary/aromatic N) is 3. The van der Waals surface area contributed by atoms with Crippen LogP contribution in [0.3, 0.4) is 0 Å². The number of anilines is 1. The van der Waals surface area contributed by atoms with Gasteiger partial charge in [-0.05, 0) is 57.8 Å². The summed E-state index contributed by atoms with van der Waals surface area (Å²) in [6.45, 7) is 8.73. The van der Waals surface area contributed by atoms with Gasteiger partial charge < -0.3 is 20.1 Å². The molecular weight excluding hydrogens is 525 g/mol. The molecule has 2 aromatic rings. The number of piperidine rings is 1. The van der Waals surface area contributed by atoms with Gasteiger partial charge in [0, 0.05) is 37.3 Å². The molecule has 0 spiro atoms. The molecule has 2 N–H and O–H groups in total. The van der Waals surface area contributed by atoms with Crippen LogP contribution in [0.4, 0.5) is 5.69 Å². The maximum Gasteiger partial charge on any atom is 0.195 e. The lowest BCUT2D eigenvalue weighted by Crippen LogP contribution is -2.40. The van der Waals surface area contributed by atoms with E-state index in [-0.39, 0.29) is 24.0 Å². The maximum absolute atomic E-state index is 5.66.